The number of hydroxylamine groups is 1. The van der Waals surface area contributed by atoms with Crippen LogP contribution in [-0.2, 0) is 12.8 Å². The van der Waals surface area contributed by atoms with Crippen molar-refractivity contribution in [2.75, 3.05) is 6.54 Å². The number of aromatic nitrogens is 1. The average Bonchev–Trinajstić information content (AvgIpc) is 3.48. The first-order chi connectivity index (χ1) is 12.7. The van der Waals surface area contributed by atoms with Gasteiger partial charge in [-0.2, -0.15) is 0 Å². The predicted octanol–water partition coefficient (Wildman–Crippen LogP) is 4.20. The van der Waals surface area contributed by atoms with Crippen molar-refractivity contribution in [2.45, 2.75) is 45.4 Å². The number of benzene rings is 1. The Morgan fingerprint density at radius 3 is 2.88 bits per heavy atom. The number of pyridine rings is 1. The maximum absolute atomic E-state index is 9.60. The molecule has 2 N–H and O–H groups in total. The molecule has 0 aliphatic heterocycles. The van der Waals surface area contributed by atoms with E-state index in [9.17, 15) is 5.21 Å². The lowest BCUT2D eigenvalue weighted by atomic mass is 9.91. The number of hydrogen-bond acceptors (Lipinski definition) is 4. The molecule has 1 aromatic heterocycles. The molecule has 26 heavy (non-hydrogen) atoms. The number of fused-ring (bicyclic) bond motifs is 1. The number of nitrogens with zero attached hydrogens (tertiary/aromatic N) is 2. The highest BCUT2D eigenvalue weighted by Gasteiger charge is 2.22. The summed E-state index contributed by atoms with van der Waals surface area (Å²) in [7, 11) is 0. The second kappa shape index (κ2) is 7.46. The lowest BCUT2D eigenvalue weighted by molar-refractivity contribution is 0.234. The zero-order valence-corrected chi connectivity index (χ0v) is 15.2. The third-order valence-corrected chi connectivity index (χ3v) is 5.12. The molecule has 0 saturated heterocycles. The fourth-order valence-electron chi connectivity index (χ4n) is 3.44. The lowest BCUT2D eigenvalue weighted by Gasteiger charge is -2.20. The quantitative estimate of drug-likeness (QED) is 0.481. The Morgan fingerprint density at radius 2 is 2.08 bits per heavy atom. The summed E-state index contributed by atoms with van der Waals surface area (Å²) in [4.78, 5) is 9.10. The van der Waals surface area contributed by atoms with Crippen LogP contribution < -0.4 is 10.2 Å². The average molecular weight is 351 g/mol. The van der Waals surface area contributed by atoms with Gasteiger partial charge in [-0.25, -0.2) is 4.98 Å². The monoisotopic (exact) mass is 351 g/mol. The van der Waals surface area contributed by atoms with Gasteiger partial charge < -0.3 is 4.74 Å². The van der Waals surface area contributed by atoms with Crippen molar-refractivity contribution >= 4 is 5.84 Å². The van der Waals surface area contributed by atoms with Gasteiger partial charge in [0, 0.05) is 12.2 Å². The summed E-state index contributed by atoms with van der Waals surface area (Å²) in [6, 6.07) is 10.0. The summed E-state index contributed by atoms with van der Waals surface area (Å²) >= 11 is 0. The molecule has 1 heterocycles. The Hall–Kier alpha value is -2.40. The molecule has 0 amide bonds. The zero-order valence-electron chi connectivity index (χ0n) is 15.2. The fourth-order valence-corrected chi connectivity index (χ4v) is 3.44. The van der Waals surface area contributed by atoms with E-state index >= 15 is 0 Å². The predicted molar refractivity (Wildman–Crippen MR) is 101 cm³/mol. The minimum absolute atomic E-state index is 0.421. The molecule has 2 aliphatic carbocycles. The SMILES string of the molecule is Cc1ccc(C(=NCC2CC2)NO)c(Oc2cccc3c2CCCC3)n1. The third-order valence-electron chi connectivity index (χ3n) is 5.12. The third kappa shape index (κ3) is 3.73. The van der Waals surface area contributed by atoms with E-state index in [-0.39, 0.29) is 0 Å². The van der Waals surface area contributed by atoms with E-state index in [1.165, 1.54) is 36.8 Å². The highest BCUT2D eigenvalue weighted by molar-refractivity contribution is 6.00. The Morgan fingerprint density at radius 1 is 1.23 bits per heavy atom. The van der Waals surface area contributed by atoms with Gasteiger partial charge in [-0.05, 0) is 80.7 Å². The maximum Gasteiger partial charge on any atom is 0.230 e. The lowest BCUT2D eigenvalue weighted by Crippen LogP contribution is -2.22. The van der Waals surface area contributed by atoms with Gasteiger partial charge in [0.25, 0.3) is 0 Å². The topological polar surface area (TPSA) is 66.7 Å². The molecule has 5 nitrogen and oxygen atoms in total. The molecule has 5 heteroatoms. The van der Waals surface area contributed by atoms with Crippen molar-refractivity contribution in [2.24, 2.45) is 10.9 Å². The molecular formula is C21H25N3O2. The highest BCUT2D eigenvalue weighted by Crippen LogP contribution is 2.34. The Balaban J connectivity index is 1.68. The standard InChI is InChI=1S/C21H25N3O2/c1-14-9-12-18(20(24-25)22-13-15-10-11-15)21(23-14)26-19-8-4-6-16-5-2-3-7-17(16)19/h4,6,8-9,12,15,25H,2-3,5,7,10-11,13H2,1H3,(H,22,24). The van der Waals surface area contributed by atoms with E-state index in [1.807, 2.05) is 31.2 Å². The number of hydrogen-bond donors (Lipinski definition) is 2. The summed E-state index contributed by atoms with van der Waals surface area (Å²) in [5.41, 5.74) is 6.44. The summed E-state index contributed by atoms with van der Waals surface area (Å²) in [5, 5.41) is 9.60. The van der Waals surface area contributed by atoms with Gasteiger partial charge in [0.1, 0.15) is 5.75 Å². The van der Waals surface area contributed by atoms with Crippen LogP contribution in [0.2, 0.25) is 0 Å². The van der Waals surface area contributed by atoms with Crippen LogP contribution in [0.4, 0.5) is 0 Å². The van der Waals surface area contributed by atoms with Crippen molar-refractivity contribution in [3.05, 3.63) is 52.7 Å². The van der Waals surface area contributed by atoms with Gasteiger partial charge in [0.05, 0.1) is 5.56 Å². The smallest absolute Gasteiger partial charge is 0.230 e. The molecule has 0 spiro atoms. The van der Waals surface area contributed by atoms with Gasteiger partial charge in [-0.15, -0.1) is 0 Å². The number of aliphatic imine (C=N–C) groups is 1. The van der Waals surface area contributed by atoms with Crippen LogP contribution in [0.15, 0.2) is 35.3 Å². The van der Waals surface area contributed by atoms with E-state index in [2.05, 4.69) is 21.5 Å². The molecule has 0 unspecified atom stereocenters. The van der Waals surface area contributed by atoms with Crippen molar-refractivity contribution in [3.63, 3.8) is 0 Å². The van der Waals surface area contributed by atoms with E-state index in [0.717, 1.165) is 30.8 Å². The van der Waals surface area contributed by atoms with E-state index in [0.29, 0.717) is 23.2 Å². The molecule has 0 bridgehead atoms. The Bertz CT molecular complexity index is 828. The van der Waals surface area contributed by atoms with Crippen LogP contribution >= 0.6 is 0 Å². The molecule has 1 aromatic carbocycles. The first kappa shape index (κ1) is 17.0. The molecule has 2 aliphatic rings. The normalized spacial score (nSPS) is 16.9. The number of nitrogens with one attached hydrogen (secondary N) is 1. The van der Waals surface area contributed by atoms with Crippen LogP contribution in [0, 0.1) is 12.8 Å². The molecular weight excluding hydrogens is 326 g/mol. The van der Waals surface area contributed by atoms with Crippen LogP contribution in [-0.4, -0.2) is 22.6 Å². The fraction of sp³-hybridized carbons (Fsp3) is 0.429. The van der Waals surface area contributed by atoms with Gasteiger partial charge in [0.2, 0.25) is 5.88 Å². The van der Waals surface area contributed by atoms with E-state index < -0.39 is 0 Å². The van der Waals surface area contributed by atoms with E-state index in [4.69, 9.17) is 4.74 Å². The number of rotatable bonds is 5. The van der Waals surface area contributed by atoms with Crippen molar-refractivity contribution < 1.29 is 9.94 Å². The van der Waals surface area contributed by atoms with Crippen LogP contribution in [0.1, 0.15) is 48.1 Å². The minimum atomic E-state index is 0.421. The maximum atomic E-state index is 9.60. The largest absolute Gasteiger partial charge is 0.438 e. The van der Waals surface area contributed by atoms with Gasteiger partial charge in [-0.1, -0.05) is 12.1 Å². The molecule has 2 aromatic rings. The van der Waals surface area contributed by atoms with E-state index in [1.54, 1.807) is 0 Å². The second-order valence-corrected chi connectivity index (χ2v) is 7.25. The summed E-state index contributed by atoms with van der Waals surface area (Å²) in [6.07, 6.45) is 6.99. The van der Waals surface area contributed by atoms with Gasteiger partial charge >= 0.3 is 0 Å². The Kier molecular flexibility index (Phi) is 4.89. The molecule has 1 fully saturated rings. The Labute approximate surface area is 154 Å². The summed E-state index contributed by atoms with van der Waals surface area (Å²) in [5.74, 6) is 2.41. The molecule has 4 rings (SSSR count). The molecule has 1 saturated carbocycles. The molecule has 0 atom stereocenters. The first-order valence-corrected chi connectivity index (χ1v) is 9.46. The first-order valence-electron chi connectivity index (χ1n) is 9.46. The molecule has 0 radical (unpaired) electrons. The van der Waals surface area contributed by atoms with Crippen LogP contribution in [0.3, 0.4) is 0 Å². The van der Waals surface area contributed by atoms with Crippen LogP contribution in [0.25, 0.3) is 0 Å². The summed E-state index contributed by atoms with van der Waals surface area (Å²) in [6.45, 7) is 2.65. The minimum Gasteiger partial charge on any atom is -0.438 e. The van der Waals surface area contributed by atoms with Crippen molar-refractivity contribution in [3.8, 4) is 11.6 Å². The van der Waals surface area contributed by atoms with Crippen molar-refractivity contribution in [1.29, 1.82) is 0 Å². The van der Waals surface area contributed by atoms with Crippen molar-refractivity contribution in [1.82, 2.24) is 10.5 Å². The van der Waals surface area contributed by atoms with Gasteiger partial charge in [0.15, 0.2) is 5.84 Å². The van der Waals surface area contributed by atoms with Crippen LogP contribution in [0.5, 0.6) is 11.6 Å². The molecule has 136 valence electrons. The highest BCUT2D eigenvalue weighted by atomic mass is 16.5. The number of aryl methyl sites for hydroxylation is 2. The number of ether oxygens (including phenoxy) is 1. The van der Waals surface area contributed by atoms with Gasteiger partial charge in [-0.3, -0.25) is 15.7 Å². The second-order valence-electron chi connectivity index (χ2n) is 7.25. The number of amidine groups is 1. The summed E-state index contributed by atoms with van der Waals surface area (Å²) < 4.78 is 6.25. The zero-order chi connectivity index (χ0) is 17.9.